The molecule has 5 nitrogen and oxygen atoms in total. The number of hydrogen-bond acceptors (Lipinski definition) is 4. The second-order valence-electron chi connectivity index (χ2n) is 8.85. The molecule has 2 aliphatic carbocycles. The zero-order chi connectivity index (χ0) is 19.2. The van der Waals surface area contributed by atoms with Crippen molar-refractivity contribution in [3.8, 4) is 0 Å². The number of ether oxygens (including phenoxy) is 1. The summed E-state index contributed by atoms with van der Waals surface area (Å²) in [6.45, 7) is 4.62. The van der Waals surface area contributed by atoms with Gasteiger partial charge in [0.15, 0.2) is 0 Å². The average Bonchev–Trinajstić information content (AvgIpc) is 3.06. The molecule has 0 bridgehead atoms. The molecule has 0 aromatic heterocycles. The number of aliphatic hydroxyl groups is 2. The zero-order valence-electron chi connectivity index (χ0n) is 16.5. The number of carboxylic acid groups (broad SMARTS) is 1. The fraction of sp³-hybridized carbons (Fsp3) is 0.952. The maximum absolute atomic E-state index is 10.6. The molecule has 6 atom stereocenters. The minimum absolute atomic E-state index is 0.161. The average molecular weight is 371 g/mol. The van der Waals surface area contributed by atoms with Crippen molar-refractivity contribution in [3.05, 3.63) is 0 Å². The molecule has 2 rings (SSSR count). The maximum atomic E-state index is 10.6. The van der Waals surface area contributed by atoms with Crippen LogP contribution in [-0.4, -0.2) is 45.7 Å². The quantitative estimate of drug-likeness (QED) is 0.455. The molecule has 0 saturated heterocycles. The number of rotatable bonds is 12. The molecule has 0 aliphatic heterocycles. The molecule has 0 heterocycles. The number of aliphatic carboxylic acids is 1. The first kappa shape index (κ1) is 21.6. The molecule has 2 aliphatic rings. The van der Waals surface area contributed by atoms with Crippen molar-refractivity contribution in [1.82, 2.24) is 0 Å². The predicted molar refractivity (Wildman–Crippen MR) is 101 cm³/mol. The summed E-state index contributed by atoms with van der Waals surface area (Å²) in [6.07, 6.45) is 9.35. The monoisotopic (exact) mass is 370 g/mol. The highest BCUT2D eigenvalue weighted by atomic mass is 16.5. The molecule has 3 N–H and O–H groups in total. The standard InChI is InChI=1S/C21H38O5/c1-3-4-5-9-21(2,25)10-8-17-18-14-16(12-15(18)13-19(17)22)26-11-6-7-20(23)24/h15-19,22,25H,3-14H2,1-2H3,(H,23,24)/t15-,16?,17+,18-,19+,21?/m1/s1. The van der Waals surface area contributed by atoms with Crippen molar-refractivity contribution < 1.29 is 24.9 Å². The lowest BCUT2D eigenvalue weighted by molar-refractivity contribution is -0.137. The Morgan fingerprint density at radius 3 is 2.62 bits per heavy atom. The van der Waals surface area contributed by atoms with E-state index in [1.165, 1.54) is 0 Å². The first-order valence-corrected chi connectivity index (χ1v) is 10.6. The van der Waals surface area contributed by atoms with Crippen LogP contribution < -0.4 is 0 Å². The summed E-state index contributed by atoms with van der Waals surface area (Å²) in [4.78, 5) is 10.6. The number of unbranched alkanes of at least 4 members (excludes halogenated alkanes) is 2. The van der Waals surface area contributed by atoms with Crippen LogP contribution >= 0.6 is 0 Å². The second kappa shape index (κ2) is 10.0. The smallest absolute Gasteiger partial charge is 0.303 e. The van der Waals surface area contributed by atoms with E-state index in [-0.39, 0.29) is 24.5 Å². The van der Waals surface area contributed by atoms with Gasteiger partial charge in [-0.2, -0.15) is 0 Å². The number of carbonyl (C=O) groups is 1. The topological polar surface area (TPSA) is 87.0 Å². The van der Waals surface area contributed by atoms with Crippen molar-refractivity contribution >= 4 is 5.97 Å². The third-order valence-electron chi connectivity index (χ3n) is 6.52. The van der Waals surface area contributed by atoms with E-state index in [4.69, 9.17) is 9.84 Å². The van der Waals surface area contributed by atoms with Crippen LogP contribution in [0, 0.1) is 17.8 Å². The van der Waals surface area contributed by atoms with Gasteiger partial charge in [0.25, 0.3) is 0 Å². The van der Waals surface area contributed by atoms with Gasteiger partial charge in [0.2, 0.25) is 0 Å². The molecule has 2 unspecified atom stereocenters. The largest absolute Gasteiger partial charge is 0.481 e. The van der Waals surface area contributed by atoms with Crippen LogP contribution in [0.25, 0.3) is 0 Å². The lowest BCUT2D eigenvalue weighted by Crippen LogP contribution is -2.28. The number of carboxylic acids is 1. The van der Waals surface area contributed by atoms with Crippen LogP contribution in [0.1, 0.15) is 84.5 Å². The molecule has 152 valence electrons. The molecule has 0 aromatic rings. The highest BCUT2D eigenvalue weighted by Gasteiger charge is 2.48. The predicted octanol–water partition coefficient (Wildman–Crippen LogP) is 3.75. The minimum Gasteiger partial charge on any atom is -0.481 e. The highest BCUT2D eigenvalue weighted by Crippen LogP contribution is 2.50. The Hall–Kier alpha value is -0.650. The fourth-order valence-electron chi connectivity index (χ4n) is 5.04. The van der Waals surface area contributed by atoms with Crippen LogP contribution in [-0.2, 0) is 9.53 Å². The summed E-state index contributed by atoms with van der Waals surface area (Å²) >= 11 is 0. The Balaban J connectivity index is 1.75. The summed E-state index contributed by atoms with van der Waals surface area (Å²) in [5.74, 6) is 0.502. The molecular weight excluding hydrogens is 332 g/mol. The van der Waals surface area contributed by atoms with E-state index in [1.54, 1.807) is 0 Å². The number of hydrogen-bond donors (Lipinski definition) is 3. The normalized spacial score (nSPS) is 33.2. The van der Waals surface area contributed by atoms with E-state index in [0.29, 0.717) is 24.9 Å². The van der Waals surface area contributed by atoms with E-state index in [9.17, 15) is 15.0 Å². The van der Waals surface area contributed by atoms with Gasteiger partial charge in [0, 0.05) is 13.0 Å². The Labute approximate surface area is 158 Å². The maximum Gasteiger partial charge on any atom is 0.303 e. The van der Waals surface area contributed by atoms with Crippen molar-refractivity contribution in [2.75, 3.05) is 6.61 Å². The molecule has 5 heteroatoms. The Morgan fingerprint density at radius 2 is 1.92 bits per heavy atom. The van der Waals surface area contributed by atoms with Crippen LogP contribution in [0.3, 0.4) is 0 Å². The van der Waals surface area contributed by atoms with Gasteiger partial charge < -0.3 is 20.1 Å². The van der Waals surface area contributed by atoms with Gasteiger partial charge in [0.05, 0.1) is 17.8 Å². The summed E-state index contributed by atoms with van der Waals surface area (Å²) in [5.41, 5.74) is -0.627. The molecule has 2 fully saturated rings. The molecule has 0 amide bonds. The van der Waals surface area contributed by atoms with Crippen molar-refractivity contribution in [3.63, 3.8) is 0 Å². The third kappa shape index (κ3) is 6.50. The Bertz CT molecular complexity index is 436. The van der Waals surface area contributed by atoms with Gasteiger partial charge in [-0.1, -0.05) is 26.2 Å². The Kier molecular flexibility index (Phi) is 8.37. The SMILES string of the molecule is CCCCCC(C)(O)CC[C@H]1[C@@H]2CC(OCCCC(=O)O)C[C@@H]2C[C@@H]1O. The molecule has 0 aromatic carbocycles. The van der Waals surface area contributed by atoms with E-state index < -0.39 is 11.6 Å². The molecular formula is C21H38O5. The first-order chi connectivity index (χ1) is 12.3. The molecule has 0 spiro atoms. The van der Waals surface area contributed by atoms with Gasteiger partial charge in [-0.3, -0.25) is 4.79 Å². The number of fused-ring (bicyclic) bond motifs is 1. The van der Waals surface area contributed by atoms with Gasteiger partial charge in [-0.15, -0.1) is 0 Å². The minimum atomic E-state index is -0.772. The molecule has 26 heavy (non-hydrogen) atoms. The lowest BCUT2D eigenvalue weighted by atomic mass is 9.83. The summed E-state index contributed by atoms with van der Waals surface area (Å²) < 4.78 is 5.89. The van der Waals surface area contributed by atoms with Crippen molar-refractivity contribution in [2.45, 2.75) is 102 Å². The fourth-order valence-corrected chi connectivity index (χ4v) is 5.04. The van der Waals surface area contributed by atoms with Crippen LogP contribution in [0.4, 0.5) is 0 Å². The third-order valence-corrected chi connectivity index (χ3v) is 6.52. The Morgan fingerprint density at radius 1 is 1.15 bits per heavy atom. The van der Waals surface area contributed by atoms with Crippen molar-refractivity contribution in [1.29, 1.82) is 0 Å². The zero-order valence-corrected chi connectivity index (χ0v) is 16.5. The van der Waals surface area contributed by atoms with Crippen LogP contribution in [0.5, 0.6) is 0 Å². The van der Waals surface area contributed by atoms with Crippen LogP contribution in [0.2, 0.25) is 0 Å². The first-order valence-electron chi connectivity index (χ1n) is 10.6. The van der Waals surface area contributed by atoms with E-state index >= 15 is 0 Å². The molecule has 0 radical (unpaired) electrons. The molecule has 2 saturated carbocycles. The lowest BCUT2D eigenvalue weighted by Gasteiger charge is -2.28. The second-order valence-corrected chi connectivity index (χ2v) is 8.85. The van der Waals surface area contributed by atoms with Crippen molar-refractivity contribution in [2.24, 2.45) is 17.8 Å². The summed E-state index contributed by atoms with van der Waals surface area (Å²) in [6, 6.07) is 0. The van der Waals surface area contributed by atoms with Gasteiger partial charge >= 0.3 is 5.97 Å². The number of aliphatic hydroxyl groups excluding tert-OH is 1. The van der Waals surface area contributed by atoms with E-state index in [1.807, 2.05) is 6.92 Å². The van der Waals surface area contributed by atoms with E-state index in [0.717, 1.165) is 57.8 Å². The summed E-state index contributed by atoms with van der Waals surface area (Å²) in [7, 11) is 0. The highest BCUT2D eigenvalue weighted by molar-refractivity contribution is 5.66. The van der Waals surface area contributed by atoms with Gasteiger partial charge in [0.1, 0.15) is 0 Å². The summed E-state index contributed by atoms with van der Waals surface area (Å²) in [5, 5.41) is 29.8. The van der Waals surface area contributed by atoms with Gasteiger partial charge in [-0.25, -0.2) is 0 Å². The van der Waals surface area contributed by atoms with E-state index in [2.05, 4.69) is 6.92 Å². The van der Waals surface area contributed by atoms with Crippen LogP contribution in [0.15, 0.2) is 0 Å². The van der Waals surface area contributed by atoms with Gasteiger partial charge in [-0.05, 0) is 69.6 Å².